The average Bonchev–Trinajstić information content (AvgIpc) is 2.78. The lowest BCUT2D eigenvalue weighted by Crippen LogP contribution is -2.34. The Bertz CT molecular complexity index is 1030. The third-order valence-corrected chi connectivity index (χ3v) is 5.94. The summed E-state index contributed by atoms with van der Waals surface area (Å²) in [5.74, 6) is 0.488. The van der Waals surface area contributed by atoms with Gasteiger partial charge in [0.25, 0.3) is 0 Å². The fourth-order valence-electron chi connectivity index (χ4n) is 4.14. The van der Waals surface area contributed by atoms with E-state index in [9.17, 15) is 18.0 Å². The van der Waals surface area contributed by atoms with Crippen molar-refractivity contribution in [2.45, 2.75) is 38.6 Å². The first kappa shape index (κ1) is 22.7. The van der Waals surface area contributed by atoms with E-state index in [4.69, 9.17) is 14.2 Å². The number of ether oxygens (including phenoxy) is 3. The number of alkyl halides is 3. The first-order chi connectivity index (χ1) is 15.2. The van der Waals surface area contributed by atoms with Gasteiger partial charge in [-0.15, -0.1) is 0 Å². The lowest BCUT2D eigenvalue weighted by atomic mass is 9.94. The second-order valence-electron chi connectivity index (χ2n) is 8.23. The van der Waals surface area contributed by atoms with E-state index < -0.39 is 12.6 Å². The summed E-state index contributed by atoms with van der Waals surface area (Å²) >= 11 is 0. The van der Waals surface area contributed by atoms with Gasteiger partial charge in [-0.25, -0.2) is 0 Å². The van der Waals surface area contributed by atoms with Gasteiger partial charge < -0.3 is 23.7 Å². The van der Waals surface area contributed by atoms with Gasteiger partial charge in [-0.2, -0.15) is 13.2 Å². The largest absolute Gasteiger partial charge is 0.476 e. The number of aryl methyl sites for hydroxylation is 1. The zero-order valence-electron chi connectivity index (χ0n) is 18.2. The van der Waals surface area contributed by atoms with Gasteiger partial charge in [-0.3, -0.25) is 4.79 Å². The number of hydrogen-bond donors (Lipinski definition) is 0. The normalized spacial score (nSPS) is 18.1. The first-order valence-corrected chi connectivity index (χ1v) is 10.7. The summed E-state index contributed by atoms with van der Waals surface area (Å²) in [6.07, 6.45) is -4.55. The molecular weight excluding hydrogens is 425 g/mol. The highest BCUT2D eigenvalue weighted by atomic mass is 19.4. The lowest BCUT2D eigenvalue weighted by Gasteiger charge is -2.29. The van der Waals surface area contributed by atoms with E-state index in [-0.39, 0.29) is 24.7 Å². The molecule has 2 aliphatic rings. The van der Waals surface area contributed by atoms with Crippen LogP contribution in [0.5, 0.6) is 5.88 Å². The van der Waals surface area contributed by atoms with Crippen molar-refractivity contribution in [1.29, 1.82) is 0 Å². The summed E-state index contributed by atoms with van der Waals surface area (Å²) in [6, 6.07) is 7.11. The van der Waals surface area contributed by atoms with Crippen molar-refractivity contribution in [3.05, 3.63) is 45.6 Å². The van der Waals surface area contributed by atoms with Crippen LogP contribution in [0, 0.1) is 6.92 Å². The average molecular weight is 452 g/mol. The zero-order chi connectivity index (χ0) is 22.9. The van der Waals surface area contributed by atoms with Crippen LogP contribution < -0.4 is 15.1 Å². The number of rotatable bonds is 6. The zero-order valence-corrected chi connectivity index (χ0v) is 18.2. The minimum absolute atomic E-state index is 0.109. The SMILES string of the molecule is Cc1c2n(c(OC[C@@H]3COCCO3)cc1=O)CCc1cc(N(C)CCC(F)(F)F)ccc1-2. The van der Waals surface area contributed by atoms with E-state index in [0.29, 0.717) is 44.2 Å². The molecular formula is C23H27F3N2O4. The number of nitrogens with zero attached hydrogens (tertiary/aromatic N) is 2. The van der Waals surface area contributed by atoms with Gasteiger partial charge in [0.15, 0.2) is 11.3 Å². The molecule has 1 atom stereocenters. The highest BCUT2D eigenvalue weighted by Crippen LogP contribution is 2.36. The predicted molar refractivity (Wildman–Crippen MR) is 115 cm³/mol. The van der Waals surface area contributed by atoms with Gasteiger partial charge in [0, 0.05) is 43.0 Å². The molecule has 0 unspecified atom stereocenters. The van der Waals surface area contributed by atoms with Gasteiger partial charge in [0.2, 0.25) is 0 Å². The summed E-state index contributed by atoms with van der Waals surface area (Å²) < 4.78 is 56.7. The fraction of sp³-hybridized carbons (Fsp3) is 0.522. The molecule has 6 nitrogen and oxygen atoms in total. The van der Waals surface area contributed by atoms with Crippen molar-refractivity contribution in [2.75, 3.05) is 44.9 Å². The number of anilines is 1. The molecule has 1 aromatic carbocycles. The number of fused-ring (bicyclic) bond motifs is 3. The molecule has 0 bridgehead atoms. The smallest absolute Gasteiger partial charge is 0.390 e. The Labute approximate surface area is 184 Å². The topological polar surface area (TPSA) is 52.9 Å². The van der Waals surface area contributed by atoms with Crippen LogP contribution in [0.1, 0.15) is 17.5 Å². The molecule has 0 aliphatic carbocycles. The van der Waals surface area contributed by atoms with Crippen molar-refractivity contribution < 1.29 is 27.4 Å². The number of halogens is 3. The summed E-state index contributed by atoms with van der Waals surface area (Å²) in [5.41, 5.74) is 3.92. The Morgan fingerprint density at radius 1 is 1.25 bits per heavy atom. The Balaban J connectivity index is 1.60. The summed E-state index contributed by atoms with van der Waals surface area (Å²) in [5, 5.41) is 0. The molecule has 0 saturated carbocycles. The molecule has 9 heteroatoms. The maximum absolute atomic E-state index is 12.7. The van der Waals surface area contributed by atoms with Crippen LogP contribution >= 0.6 is 0 Å². The molecule has 174 valence electrons. The molecule has 1 aromatic heterocycles. The van der Waals surface area contributed by atoms with Gasteiger partial charge in [0.1, 0.15) is 12.7 Å². The Morgan fingerprint density at radius 2 is 2.06 bits per heavy atom. The lowest BCUT2D eigenvalue weighted by molar-refractivity contribution is -0.132. The van der Waals surface area contributed by atoms with E-state index >= 15 is 0 Å². The maximum Gasteiger partial charge on any atom is 0.390 e. The first-order valence-electron chi connectivity index (χ1n) is 10.7. The van der Waals surface area contributed by atoms with Crippen molar-refractivity contribution in [3.63, 3.8) is 0 Å². The highest BCUT2D eigenvalue weighted by molar-refractivity contribution is 5.72. The molecule has 0 radical (unpaired) electrons. The second kappa shape index (κ2) is 9.15. The minimum Gasteiger partial charge on any atom is -0.476 e. The quantitative estimate of drug-likeness (QED) is 0.671. The maximum atomic E-state index is 12.7. The molecule has 0 amide bonds. The van der Waals surface area contributed by atoms with E-state index in [2.05, 4.69) is 0 Å². The molecule has 0 N–H and O–H groups in total. The number of benzene rings is 1. The van der Waals surface area contributed by atoms with Crippen molar-refractivity contribution in [3.8, 4) is 17.1 Å². The van der Waals surface area contributed by atoms with Crippen LogP contribution in [0.25, 0.3) is 11.3 Å². The molecule has 0 spiro atoms. The molecule has 32 heavy (non-hydrogen) atoms. The number of pyridine rings is 1. The van der Waals surface area contributed by atoms with Crippen molar-refractivity contribution in [2.24, 2.45) is 0 Å². The van der Waals surface area contributed by atoms with Crippen LogP contribution in [0.4, 0.5) is 18.9 Å². The number of hydrogen-bond acceptors (Lipinski definition) is 5. The minimum atomic E-state index is -4.19. The van der Waals surface area contributed by atoms with E-state index in [1.165, 1.54) is 6.07 Å². The van der Waals surface area contributed by atoms with Crippen LogP contribution in [0.15, 0.2) is 29.1 Å². The molecule has 4 rings (SSSR count). The summed E-state index contributed by atoms with van der Waals surface area (Å²) in [7, 11) is 1.66. The van der Waals surface area contributed by atoms with Crippen LogP contribution in [0.3, 0.4) is 0 Å². The third-order valence-electron chi connectivity index (χ3n) is 5.94. The predicted octanol–water partition coefficient (Wildman–Crippen LogP) is 3.56. The molecule has 1 fully saturated rings. The Hall–Kier alpha value is -2.52. The van der Waals surface area contributed by atoms with Crippen molar-refractivity contribution in [1.82, 2.24) is 4.57 Å². The van der Waals surface area contributed by atoms with Crippen LogP contribution in [-0.2, 0) is 22.4 Å². The second-order valence-corrected chi connectivity index (χ2v) is 8.23. The van der Waals surface area contributed by atoms with Gasteiger partial charge in [0.05, 0.1) is 31.9 Å². The Kier molecular flexibility index (Phi) is 6.48. The van der Waals surface area contributed by atoms with Crippen LogP contribution in [0.2, 0.25) is 0 Å². The third kappa shape index (κ3) is 4.94. The molecule has 2 aliphatic heterocycles. The highest BCUT2D eigenvalue weighted by Gasteiger charge is 2.28. The van der Waals surface area contributed by atoms with Crippen LogP contribution in [-0.4, -0.2) is 56.9 Å². The van der Waals surface area contributed by atoms with E-state index in [1.54, 1.807) is 24.9 Å². The number of aromatic nitrogens is 1. The van der Waals surface area contributed by atoms with E-state index in [0.717, 1.165) is 22.5 Å². The van der Waals surface area contributed by atoms with Crippen molar-refractivity contribution >= 4 is 5.69 Å². The molecule has 2 aromatic rings. The van der Waals surface area contributed by atoms with Gasteiger partial charge in [-0.1, -0.05) is 6.07 Å². The summed E-state index contributed by atoms with van der Waals surface area (Å²) in [6.45, 7) is 4.12. The van der Waals surface area contributed by atoms with E-state index in [1.807, 2.05) is 16.7 Å². The molecule has 1 saturated heterocycles. The fourth-order valence-corrected chi connectivity index (χ4v) is 4.14. The van der Waals surface area contributed by atoms with Gasteiger partial charge >= 0.3 is 6.18 Å². The monoisotopic (exact) mass is 452 g/mol. The Morgan fingerprint density at radius 3 is 2.78 bits per heavy atom. The standard InChI is InChI=1S/C23H27F3N2O4/c1-15-20(29)12-21(32-14-18-13-30-9-10-31-18)28-7-5-16-11-17(3-4-19(16)22(15)28)27(2)8-6-23(24,25)26/h3-4,11-12,18H,5-10,13-14H2,1-2H3/t18-/m0/s1. The van der Waals surface area contributed by atoms with Gasteiger partial charge in [-0.05, 0) is 31.0 Å². The molecule has 3 heterocycles. The summed E-state index contributed by atoms with van der Waals surface area (Å²) in [4.78, 5) is 14.3.